The van der Waals surface area contributed by atoms with Crippen LogP contribution >= 0.6 is 0 Å². The van der Waals surface area contributed by atoms with E-state index in [2.05, 4.69) is 0 Å². The average molecular weight is 254 g/mol. The predicted molar refractivity (Wildman–Crippen MR) is 71.2 cm³/mol. The second-order valence-electron chi connectivity index (χ2n) is 5.54. The molecular weight excluding hydrogens is 228 g/mol. The fourth-order valence-corrected chi connectivity index (χ4v) is 2.95. The quantitative estimate of drug-likeness (QED) is 0.782. The smallest absolute Gasteiger partial charge is 0.248 e. The third-order valence-corrected chi connectivity index (χ3v) is 4.21. The summed E-state index contributed by atoms with van der Waals surface area (Å²) in [4.78, 5) is 14.0. The van der Waals surface area contributed by atoms with Crippen molar-refractivity contribution < 1.29 is 9.53 Å². The van der Waals surface area contributed by atoms with Gasteiger partial charge < -0.3 is 15.4 Å². The first-order valence-corrected chi connectivity index (χ1v) is 7.37. The molecule has 2 fully saturated rings. The van der Waals surface area contributed by atoms with Crippen LogP contribution < -0.4 is 5.73 Å². The summed E-state index contributed by atoms with van der Waals surface area (Å²) >= 11 is 0. The van der Waals surface area contributed by atoms with E-state index in [1.165, 1.54) is 12.8 Å². The van der Waals surface area contributed by atoms with Crippen LogP contribution in [0.15, 0.2) is 0 Å². The summed E-state index contributed by atoms with van der Waals surface area (Å²) in [5, 5.41) is 0. The van der Waals surface area contributed by atoms with Crippen molar-refractivity contribution in [3.8, 4) is 0 Å². The van der Waals surface area contributed by atoms with Crippen molar-refractivity contribution in [2.45, 2.75) is 57.6 Å². The van der Waals surface area contributed by atoms with Crippen LogP contribution in [0.5, 0.6) is 0 Å². The van der Waals surface area contributed by atoms with Crippen LogP contribution in [0.25, 0.3) is 0 Å². The Kier molecular flexibility index (Phi) is 5.01. The van der Waals surface area contributed by atoms with Gasteiger partial charge in [-0.3, -0.25) is 4.79 Å². The molecule has 0 spiro atoms. The van der Waals surface area contributed by atoms with Crippen LogP contribution in [0.2, 0.25) is 0 Å². The Morgan fingerprint density at radius 2 is 2.00 bits per heavy atom. The van der Waals surface area contributed by atoms with Crippen molar-refractivity contribution in [3.05, 3.63) is 0 Å². The van der Waals surface area contributed by atoms with Crippen LogP contribution in [0.1, 0.15) is 45.4 Å². The maximum absolute atomic E-state index is 12.1. The van der Waals surface area contributed by atoms with Gasteiger partial charge in [0.25, 0.3) is 0 Å². The molecule has 0 aliphatic heterocycles. The van der Waals surface area contributed by atoms with Crippen LogP contribution in [0.3, 0.4) is 0 Å². The van der Waals surface area contributed by atoms with E-state index >= 15 is 0 Å². The summed E-state index contributed by atoms with van der Waals surface area (Å²) < 4.78 is 5.84. The highest BCUT2D eigenvalue weighted by atomic mass is 16.5. The van der Waals surface area contributed by atoms with Gasteiger partial charge in [-0.25, -0.2) is 0 Å². The third kappa shape index (κ3) is 3.45. The van der Waals surface area contributed by atoms with Crippen molar-refractivity contribution in [3.63, 3.8) is 0 Å². The lowest BCUT2D eigenvalue weighted by Gasteiger charge is -2.31. The van der Waals surface area contributed by atoms with Gasteiger partial charge in [-0.1, -0.05) is 12.8 Å². The standard InChI is InChI=1S/C14H26N2O2/c1-2-16(12-7-8-12)14(17)10-18-13-6-4-3-5-11(13)9-15/h11-13H,2-10,15H2,1H3. The molecule has 2 rings (SSSR count). The molecule has 2 atom stereocenters. The lowest BCUT2D eigenvalue weighted by Crippen LogP contribution is -2.39. The second kappa shape index (κ2) is 6.53. The molecular formula is C14H26N2O2. The van der Waals surface area contributed by atoms with Gasteiger partial charge in [0.2, 0.25) is 5.91 Å². The Bertz CT molecular complexity index is 279. The third-order valence-electron chi connectivity index (χ3n) is 4.21. The van der Waals surface area contributed by atoms with Gasteiger partial charge in [0, 0.05) is 12.6 Å². The Morgan fingerprint density at radius 1 is 1.28 bits per heavy atom. The van der Waals surface area contributed by atoms with Gasteiger partial charge in [-0.05, 0) is 45.1 Å². The highest BCUT2D eigenvalue weighted by Crippen LogP contribution is 2.28. The van der Waals surface area contributed by atoms with E-state index in [1.807, 2.05) is 11.8 Å². The maximum Gasteiger partial charge on any atom is 0.248 e. The van der Waals surface area contributed by atoms with Crippen molar-refractivity contribution in [2.24, 2.45) is 11.7 Å². The highest BCUT2D eigenvalue weighted by molar-refractivity contribution is 5.78. The molecule has 2 saturated carbocycles. The van der Waals surface area contributed by atoms with Crippen molar-refractivity contribution in [2.75, 3.05) is 19.7 Å². The van der Waals surface area contributed by atoms with Gasteiger partial charge in [0.15, 0.2) is 0 Å². The number of nitrogens with two attached hydrogens (primary N) is 1. The van der Waals surface area contributed by atoms with E-state index in [0.29, 0.717) is 18.5 Å². The van der Waals surface area contributed by atoms with E-state index in [4.69, 9.17) is 10.5 Å². The molecule has 1 amide bonds. The number of hydrogen-bond donors (Lipinski definition) is 1. The molecule has 0 heterocycles. The summed E-state index contributed by atoms with van der Waals surface area (Å²) in [7, 11) is 0. The molecule has 0 aromatic heterocycles. The number of carbonyl (C=O) groups is 1. The van der Waals surface area contributed by atoms with Crippen molar-refractivity contribution in [1.29, 1.82) is 0 Å². The maximum atomic E-state index is 12.1. The molecule has 2 unspecified atom stereocenters. The number of carbonyl (C=O) groups excluding carboxylic acids is 1. The van der Waals surface area contributed by atoms with E-state index in [9.17, 15) is 4.79 Å². The Hall–Kier alpha value is -0.610. The first-order valence-electron chi connectivity index (χ1n) is 7.37. The lowest BCUT2D eigenvalue weighted by molar-refractivity contribution is -0.140. The number of nitrogens with zero attached hydrogens (tertiary/aromatic N) is 1. The van der Waals surface area contributed by atoms with E-state index < -0.39 is 0 Å². The summed E-state index contributed by atoms with van der Waals surface area (Å²) in [5.74, 6) is 0.601. The number of rotatable bonds is 6. The molecule has 2 aliphatic rings. The molecule has 0 radical (unpaired) electrons. The molecule has 0 aromatic carbocycles. The largest absolute Gasteiger partial charge is 0.368 e. The summed E-state index contributed by atoms with van der Waals surface area (Å²) in [6, 6.07) is 0.489. The van der Waals surface area contributed by atoms with Crippen LogP contribution in [-0.2, 0) is 9.53 Å². The van der Waals surface area contributed by atoms with Crippen molar-refractivity contribution >= 4 is 5.91 Å². The summed E-state index contributed by atoms with van der Waals surface area (Å²) in [5.41, 5.74) is 5.77. The first kappa shape index (κ1) is 13.8. The zero-order valence-corrected chi connectivity index (χ0v) is 11.4. The second-order valence-corrected chi connectivity index (χ2v) is 5.54. The molecule has 0 aromatic rings. The SMILES string of the molecule is CCN(C(=O)COC1CCCCC1CN)C1CC1. The van der Waals surface area contributed by atoms with Crippen LogP contribution in [0, 0.1) is 5.92 Å². The average Bonchev–Trinajstić information content (AvgIpc) is 3.22. The molecule has 0 bridgehead atoms. The highest BCUT2D eigenvalue weighted by Gasteiger charge is 2.32. The molecule has 18 heavy (non-hydrogen) atoms. The topological polar surface area (TPSA) is 55.6 Å². The van der Waals surface area contributed by atoms with E-state index in [0.717, 1.165) is 32.2 Å². The Balaban J connectivity index is 1.76. The molecule has 4 heteroatoms. The molecule has 4 nitrogen and oxygen atoms in total. The molecule has 0 saturated heterocycles. The van der Waals surface area contributed by atoms with Crippen molar-refractivity contribution in [1.82, 2.24) is 4.90 Å². The normalized spacial score (nSPS) is 28.1. The number of ether oxygens (including phenoxy) is 1. The van der Waals surface area contributed by atoms with Gasteiger partial charge in [-0.15, -0.1) is 0 Å². The van der Waals surface area contributed by atoms with Crippen LogP contribution in [0.4, 0.5) is 0 Å². The van der Waals surface area contributed by atoms with Gasteiger partial charge >= 0.3 is 0 Å². The number of amides is 1. The van der Waals surface area contributed by atoms with Gasteiger partial charge in [-0.2, -0.15) is 0 Å². The van der Waals surface area contributed by atoms with Crippen LogP contribution in [-0.4, -0.2) is 42.6 Å². The molecule has 2 aliphatic carbocycles. The number of likely N-dealkylation sites (N-methyl/N-ethyl adjacent to an activating group) is 1. The first-order chi connectivity index (χ1) is 8.76. The fraction of sp³-hybridized carbons (Fsp3) is 0.929. The zero-order valence-electron chi connectivity index (χ0n) is 11.4. The van der Waals surface area contributed by atoms with Gasteiger partial charge in [0.1, 0.15) is 6.61 Å². The summed E-state index contributed by atoms with van der Waals surface area (Å²) in [6.07, 6.45) is 7.18. The lowest BCUT2D eigenvalue weighted by atomic mass is 9.86. The number of hydrogen-bond acceptors (Lipinski definition) is 3. The minimum Gasteiger partial charge on any atom is -0.368 e. The molecule has 104 valence electrons. The monoisotopic (exact) mass is 254 g/mol. The van der Waals surface area contributed by atoms with E-state index in [-0.39, 0.29) is 18.6 Å². The summed E-state index contributed by atoms with van der Waals surface area (Å²) in [6.45, 7) is 3.77. The molecule has 2 N–H and O–H groups in total. The Labute approximate surface area is 110 Å². The van der Waals surface area contributed by atoms with E-state index in [1.54, 1.807) is 0 Å². The minimum atomic E-state index is 0.154. The fourth-order valence-electron chi connectivity index (χ4n) is 2.95. The minimum absolute atomic E-state index is 0.154. The Morgan fingerprint density at radius 3 is 2.61 bits per heavy atom. The van der Waals surface area contributed by atoms with Gasteiger partial charge in [0.05, 0.1) is 6.10 Å². The predicted octanol–water partition coefficient (Wildman–Crippen LogP) is 1.53. The zero-order chi connectivity index (χ0) is 13.0.